The Morgan fingerprint density at radius 1 is 1.43 bits per heavy atom. The first-order valence-corrected chi connectivity index (χ1v) is 8.88. The van der Waals surface area contributed by atoms with Gasteiger partial charge in [-0.15, -0.1) is 0 Å². The van der Waals surface area contributed by atoms with Gasteiger partial charge in [-0.05, 0) is 50.3 Å². The number of halogens is 1. The zero-order chi connectivity index (χ0) is 15.1. The lowest BCUT2D eigenvalue weighted by atomic mass is 9.99. The SMILES string of the molecule is Cc1cccc(OCCC(=O)N2CCCCC2CCBr)c1. The van der Waals surface area contributed by atoms with E-state index in [1.54, 1.807) is 0 Å². The fourth-order valence-corrected chi connectivity index (χ4v) is 3.39. The highest BCUT2D eigenvalue weighted by molar-refractivity contribution is 9.09. The summed E-state index contributed by atoms with van der Waals surface area (Å²) < 4.78 is 5.69. The van der Waals surface area contributed by atoms with Gasteiger partial charge in [-0.25, -0.2) is 0 Å². The van der Waals surface area contributed by atoms with Gasteiger partial charge in [-0.2, -0.15) is 0 Å². The second kappa shape index (κ2) is 8.42. The number of rotatable bonds is 6. The Hall–Kier alpha value is -1.03. The monoisotopic (exact) mass is 353 g/mol. The van der Waals surface area contributed by atoms with Crippen LogP contribution in [0.5, 0.6) is 5.75 Å². The highest BCUT2D eigenvalue weighted by Crippen LogP contribution is 2.21. The standard InChI is InChI=1S/C17H24BrNO2/c1-14-5-4-7-16(13-14)21-12-9-17(20)19-11-3-2-6-15(19)8-10-18/h4-5,7,13,15H,2-3,6,8-12H2,1H3. The Morgan fingerprint density at radius 2 is 2.29 bits per heavy atom. The van der Waals surface area contributed by atoms with Gasteiger partial charge in [0.15, 0.2) is 0 Å². The zero-order valence-electron chi connectivity index (χ0n) is 12.7. The molecule has 3 nitrogen and oxygen atoms in total. The normalized spacial score (nSPS) is 18.6. The van der Waals surface area contributed by atoms with Crippen LogP contribution >= 0.6 is 15.9 Å². The van der Waals surface area contributed by atoms with E-state index < -0.39 is 0 Å². The molecule has 1 fully saturated rings. The van der Waals surface area contributed by atoms with Crippen LogP contribution in [0, 0.1) is 6.92 Å². The molecular formula is C17H24BrNO2. The van der Waals surface area contributed by atoms with E-state index in [-0.39, 0.29) is 5.91 Å². The maximum Gasteiger partial charge on any atom is 0.226 e. The van der Waals surface area contributed by atoms with Crippen LogP contribution in [0.3, 0.4) is 0 Å². The van der Waals surface area contributed by atoms with Crippen molar-refractivity contribution in [3.05, 3.63) is 29.8 Å². The lowest BCUT2D eigenvalue weighted by Crippen LogP contribution is -2.44. The molecule has 1 aliphatic heterocycles. The Morgan fingerprint density at radius 3 is 3.05 bits per heavy atom. The Labute approximate surface area is 135 Å². The molecule has 1 amide bonds. The molecule has 0 spiro atoms. The quantitative estimate of drug-likeness (QED) is 0.725. The van der Waals surface area contributed by atoms with E-state index in [0.29, 0.717) is 19.1 Å². The largest absolute Gasteiger partial charge is 0.493 e. The zero-order valence-corrected chi connectivity index (χ0v) is 14.3. The Balaban J connectivity index is 1.80. The third-order valence-corrected chi connectivity index (χ3v) is 4.42. The number of nitrogens with zero attached hydrogens (tertiary/aromatic N) is 1. The summed E-state index contributed by atoms with van der Waals surface area (Å²) in [6.07, 6.45) is 5.01. The molecule has 1 aromatic carbocycles. The van der Waals surface area contributed by atoms with Gasteiger partial charge < -0.3 is 9.64 Å². The van der Waals surface area contributed by atoms with Crippen LogP contribution in [-0.4, -0.2) is 35.3 Å². The molecule has 1 atom stereocenters. The van der Waals surface area contributed by atoms with E-state index in [1.807, 2.05) is 31.2 Å². The average Bonchev–Trinajstić information content (AvgIpc) is 2.48. The second-order valence-corrected chi connectivity index (χ2v) is 6.42. The highest BCUT2D eigenvalue weighted by Gasteiger charge is 2.25. The Kier molecular flexibility index (Phi) is 6.55. The molecule has 21 heavy (non-hydrogen) atoms. The molecular weight excluding hydrogens is 330 g/mol. The number of piperidine rings is 1. The number of carbonyl (C=O) groups is 1. The minimum Gasteiger partial charge on any atom is -0.493 e. The van der Waals surface area contributed by atoms with Crippen LogP contribution in [0.4, 0.5) is 0 Å². The Bertz CT molecular complexity index is 462. The summed E-state index contributed by atoms with van der Waals surface area (Å²) in [6, 6.07) is 8.36. The van der Waals surface area contributed by atoms with Crippen molar-refractivity contribution in [1.29, 1.82) is 0 Å². The van der Waals surface area contributed by atoms with Crippen LogP contribution in [0.2, 0.25) is 0 Å². The van der Waals surface area contributed by atoms with E-state index >= 15 is 0 Å². The maximum absolute atomic E-state index is 12.4. The highest BCUT2D eigenvalue weighted by atomic mass is 79.9. The minimum absolute atomic E-state index is 0.230. The maximum atomic E-state index is 12.4. The smallest absolute Gasteiger partial charge is 0.226 e. The van der Waals surface area contributed by atoms with Crippen LogP contribution in [0.25, 0.3) is 0 Å². The molecule has 0 radical (unpaired) electrons. The molecule has 0 saturated carbocycles. The summed E-state index contributed by atoms with van der Waals surface area (Å²) >= 11 is 3.49. The fourth-order valence-electron chi connectivity index (χ4n) is 2.86. The van der Waals surface area contributed by atoms with Crippen molar-refractivity contribution in [2.24, 2.45) is 0 Å². The van der Waals surface area contributed by atoms with Gasteiger partial charge in [0.1, 0.15) is 5.75 Å². The fraction of sp³-hybridized carbons (Fsp3) is 0.588. The molecule has 0 N–H and O–H groups in total. The van der Waals surface area contributed by atoms with Crippen LogP contribution in [-0.2, 0) is 4.79 Å². The van der Waals surface area contributed by atoms with Crippen molar-refractivity contribution in [2.45, 2.75) is 45.1 Å². The summed E-state index contributed by atoms with van der Waals surface area (Å²) in [6.45, 7) is 3.40. The molecule has 116 valence electrons. The summed E-state index contributed by atoms with van der Waals surface area (Å²) in [7, 11) is 0. The van der Waals surface area contributed by atoms with E-state index in [0.717, 1.165) is 36.9 Å². The predicted molar refractivity (Wildman–Crippen MR) is 89.1 cm³/mol. The summed E-state index contributed by atoms with van der Waals surface area (Å²) in [4.78, 5) is 14.4. The molecule has 0 aromatic heterocycles. The summed E-state index contributed by atoms with van der Waals surface area (Å²) in [5.74, 6) is 1.08. The first-order valence-electron chi connectivity index (χ1n) is 7.75. The van der Waals surface area contributed by atoms with Crippen LogP contribution < -0.4 is 4.74 Å². The summed E-state index contributed by atoms with van der Waals surface area (Å²) in [5, 5.41) is 0.960. The van der Waals surface area contributed by atoms with Crippen LogP contribution in [0.15, 0.2) is 24.3 Å². The number of benzene rings is 1. The molecule has 1 saturated heterocycles. The van der Waals surface area contributed by atoms with Crippen molar-refractivity contribution in [1.82, 2.24) is 4.90 Å². The van der Waals surface area contributed by atoms with Gasteiger partial charge >= 0.3 is 0 Å². The number of aryl methyl sites for hydroxylation is 1. The van der Waals surface area contributed by atoms with E-state index in [1.165, 1.54) is 12.0 Å². The topological polar surface area (TPSA) is 29.5 Å². The lowest BCUT2D eigenvalue weighted by molar-refractivity contribution is -0.135. The molecule has 1 aromatic rings. The molecule has 1 unspecified atom stereocenters. The van der Waals surface area contributed by atoms with E-state index in [2.05, 4.69) is 20.8 Å². The molecule has 1 heterocycles. The minimum atomic E-state index is 0.230. The van der Waals surface area contributed by atoms with Gasteiger partial charge in [0.05, 0.1) is 13.0 Å². The van der Waals surface area contributed by atoms with Gasteiger partial charge in [0, 0.05) is 17.9 Å². The molecule has 0 bridgehead atoms. The number of alkyl halides is 1. The van der Waals surface area contributed by atoms with Gasteiger partial charge in [-0.3, -0.25) is 4.79 Å². The van der Waals surface area contributed by atoms with Gasteiger partial charge in [0.25, 0.3) is 0 Å². The molecule has 2 rings (SSSR count). The van der Waals surface area contributed by atoms with Gasteiger partial charge in [-0.1, -0.05) is 28.1 Å². The number of hydrogen-bond acceptors (Lipinski definition) is 2. The molecule has 4 heteroatoms. The van der Waals surface area contributed by atoms with Crippen molar-refractivity contribution in [2.75, 3.05) is 18.5 Å². The van der Waals surface area contributed by atoms with Crippen molar-refractivity contribution in [3.63, 3.8) is 0 Å². The number of carbonyl (C=O) groups excluding carboxylic acids is 1. The summed E-state index contributed by atoms with van der Waals surface area (Å²) in [5.41, 5.74) is 1.17. The van der Waals surface area contributed by atoms with Gasteiger partial charge in [0.2, 0.25) is 5.91 Å². The molecule has 0 aliphatic carbocycles. The average molecular weight is 354 g/mol. The van der Waals surface area contributed by atoms with Crippen molar-refractivity contribution in [3.8, 4) is 5.75 Å². The molecule has 1 aliphatic rings. The number of amides is 1. The lowest BCUT2D eigenvalue weighted by Gasteiger charge is -2.35. The second-order valence-electron chi connectivity index (χ2n) is 5.63. The third-order valence-electron chi connectivity index (χ3n) is 3.96. The first-order chi connectivity index (χ1) is 10.2. The van der Waals surface area contributed by atoms with E-state index in [4.69, 9.17) is 4.74 Å². The predicted octanol–water partition coefficient (Wildman–Crippen LogP) is 3.93. The van der Waals surface area contributed by atoms with Crippen molar-refractivity contribution >= 4 is 21.8 Å². The van der Waals surface area contributed by atoms with Crippen LogP contribution in [0.1, 0.15) is 37.7 Å². The third kappa shape index (κ3) is 5.03. The number of ether oxygens (including phenoxy) is 1. The van der Waals surface area contributed by atoms with E-state index in [9.17, 15) is 4.79 Å². The first kappa shape index (κ1) is 16.3. The van der Waals surface area contributed by atoms with Crippen molar-refractivity contribution < 1.29 is 9.53 Å². The number of hydrogen-bond donors (Lipinski definition) is 0. The number of likely N-dealkylation sites (tertiary alicyclic amines) is 1.